The molecular weight excluding hydrogens is 178 g/mol. The molecule has 4 heteroatoms. The monoisotopic (exact) mass is 199 g/mol. The van der Waals surface area contributed by atoms with Crippen molar-refractivity contribution in [3.8, 4) is 0 Å². The minimum absolute atomic E-state index is 0.229. The van der Waals surface area contributed by atoms with Gasteiger partial charge in [0.15, 0.2) is 0 Å². The van der Waals surface area contributed by atoms with Crippen molar-refractivity contribution in [3.05, 3.63) is 0 Å². The highest BCUT2D eigenvalue weighted by Gasteiger charge is 2.18. The first-order chi connectivity index (χ1) is 6.59. The number of carbonyl (C=O) groups excluding carboxylic acids is 1. The van der Waals surface area contributed by atoms with Crippen LogP contribution in [0, 0.1) is 0 Å². The number of rotatable bonds is 3. The number of nitrogens with zero attached hydrogens (tertiary/aromatic N) is 2. The van der Waals surface area contributed by atoms with E-state index in [0.29, 0.717) is 12.6 Å². The molecule has 0 aromatic rings. The maximum Gasteiger partial charge on any atom is 0.236 e. The lowest BCUT2D eigenvalue weighted by Crippen LogP contribution is -2.50. The van der Waals surface area contributed by atoms with Crippen LogP contribution < -0.4 is 5.32 Å². The summed E-state index contributed by atoms with van der Waals surface area (Å²) in [5.74, 6) is 0.229. The standard InChI is InChI=1S/C10H21N3O/c1-9(2)11-8-10(14)13-6-4-12(3)5-7-13/h9,11H,4-8H2,1-3H3. The fourth-order valence-corrected chi connectivity index (χ4v) is 1.46. The lowest BCUT2D eigenvalue weighted by molar-refractivity contribution is -0.131. The Bertz CT molecular complexity index is 186. The molecule has 4 nitrogen and oxygen atoms in total. The van der Waals surface area contributed by atoms with Crippen LogP contribution in [0.2, 0.25) is 0 Å². The van der Waals surface area contributed by atoms with Crippen molar-refractivity contribution >= 4 is 5.91 Å². The van der Waals surface area contributed by atoms with Gasteiger partial charge >= 0.3 is 0 Å². The summed E-state index contributed by atoms with van der Waals surface area (Å²) in [5, 5.41) is 3.15. The molecule has 0 atom stereocenters. The van der Waals surface area contributed by atoms with Gasteiger partial charge in [0.1, 0.15) is 0 Å². The Balaban J connectivity index is 2.24. The molecule has 1 aliphatic heterocycles. The average molecular weight is 199 g/mol. The minimum atomic E-state index is 0.229. The van der Waals surface area contributed by atoms with Gasteiger partial charge in [-0.15, -0.1) is 0 Å². The summed E-state index contributed by atoms with van der Waals surface area (Å²) in [4.78, 5) is 15.8. The van der Waals surface area contributed by atoms with E-state index >= 15 is 0 Å². The van der Waals surface area contributed by atoms with Crippen LogP contribution in [-0.2, 0) is 4.79 Å². The first kappa shape index (κ1) is 11.5. The van der Waals surface area contributed by atoms with E-state index in [9.17, 15) is 4.79 Å². The average Bonchev–Trinajstić information content (AvgIpc) is 2.15. The molecule has 1 fully saturated rings. The Hall–Kier alpha value is -0.610. The summed E-state index contributed by atoms with van der Waals surface area (Å²) in [7, 11) is 2.09. The Kier molecular flexibility index (Phi) is 4.35. The van der Waals surface area contributed by atoms with Gasteiger partial charge in [-0.3, -0.25) is 4.79 Å². The molecule has 1 amide bonds. The van der Waals surface area contributed by atoms with E-state index in [0.717, 1.165) is 26.2 Å². The normalized spacial score (nSPS) is 19.0. The lowest BCUT2D eigenvalue weighted by Gasteiger charge is -2.32. The Morgan fingerprint density at radius 3 is 2.36 bits per heavy atom. The summed E-state index contributed by atoms with van der Waals surface area (Å²) in [6.07, 6.45) is 0. The van der Waals surface area contributed by atoms with Gasteiger partial charge in [0.05, 0.1) is 6.54 Å². The van der Waals surface area contributed by atoms with E-state index < -0.39 is 0 Å². The van der Waals surface area contributed by atoms with E-state index in [-0.39, 0.29) is 5.91 Å². The highest BCUT2D eigenvalue weighted by Crippen LogP contribution is 1.98. The number of nitrogens with one attached hydrogen (secondary N) is 1. The summed E-state index contributed by atoms with van der Waals surface area (Å²) >= 11 is 0. The third kappa shape index (κ3) is 3.64. The number of amides is 1. The zero-order valence-electron chi connectivity index (χ0n) is 9.42. The molecule has 0 aromatic carbocycles. The van der Waals surface area contributed by atoms with Crippen molar-refractivity contribution < 1.29 is 4.79 Å². The molecule has 0 radical (unpaired) electrons. The zero-order valence-corrected chi connectivity index (χ0v) is 9.42. The fraction of sp³-hybridized carbons (Fsp3) is 0.900. The van der Waals surface area contributed by atoms with Crippen LogP contribution in [0.4, 0.5) is 0 Å². The summed E-state index contributed by atoms with van der Waals surface area (Å²) in [5.41, 5.74) is 0. The molecule has 14 heavy (non-hydrogen) atoms. The highest BCUT2D eigenvalue weighted by atomic mass is 16.2. The number of piperazine rings is 1. The largest absolute Gasteiger partial charge is 0.339 e. The highest BCUT2D eigenvalue weighted by molar-refractivity contribution is 5.78. The summed E-state index contributed by atoms with van der Waals surface area (Å²) < 4.78 is 0. The molecule has 0 saturated carbocycles. The van der Waals surface area contributed by atoms with Gasteiger partial charge in [0, 0.05) is 32.2 Å². The molecule has 0 aliphatic carbocycles. The van der Waals surface area contributed by atoms with E-state index in [1.165, 1.54) is 0 Å². The van der Waals surface area contributed by atoms with E-state index in [2.05, 4.69) is 31.1 Å². The molecule has 1 heterocycles. The number of likely N-dealkylation sites (N-methyl/N-ethyl adjacent to an activating group) is 1. The molecule has 1 saturated heterocycles. The molecule has 1 rings (SSSR count). The first-order valence-electron chi connectivity index (χ1n) is 5.29. The predicted molar refractivity (Wildman–Crippen MR) is 57.2 cm³/mol. The second-order valence-electron chi connectivity index (χ2n) is 4.22. The van der Waals surface area contributed by atoms with Gasteiger partial charge in [0.25, 0.3) is 0 Å². The maximum absolute atomic E-state index is 11.7. The molecule has 82 valence electrons. The summed E-state index contributed by atoms with van der Waals surface area (Å²) in [6.45, 7) is 8.31. The third-order valence-electron chi connectivity index (χ3n) is 2.52. The van der Waals surface area contributed by atoms with Crippen molar-refractivity contribution in [2.24, 2.45) is 0 Å². The number of hydrogen-bond acceptors (Lipinski definition) is 3. The zero-order chi connectivity index (χ0) is 10.6. The second kappa shape index (κ2) is 5.32. The van der Waals surface area contributed by atoms with Gasteiger partial charge in [-0.25, -0.2) is 0 Å². The van der Waals surface area contributed by atoms with E-state index in [1.807, 2.05) is 4.90 Å². The topological polar surface area (TPSA) is 35.6 Å². The second-order valence-corrected chi connectivity index (χ2v) is 4.22. The molecule has 0 unspecified atom stereocenters. The van der Waals surface area contributed by atoms with Gasteiger partial charge < -0.3 is 15.1 Å². The van der Waals surface area contributed by atoms with Gasteiger partial charge in [0.2, 0.25) is 5.91 Å². The summed E-state index contributed by atoms with van der Waals surface area (Å²) in [6, 6.07) is 0.381. The van der Waals surface area contributed by atoms with Crippen molar-refractivity contribution in [1.29, 1.82) is 0 Å². The lowest BCUT2D eigenvalue weighted by atomic mass is 10.3. The number of hydrogen-bond donors (Lipinski definition) is 1. The van der Waals surface area contributed by atoms with Crippen LogP contribution in [0.25, 0.3) is 0 Å². The Labute approximate surface area is 86.2 Å². The molecule has 0 bridgehead atoms. The molecule has 0 aromatic heterocycles. The van der Waals surface area contributed by atoms with Gasteiger partial charge in [-0.1, -0.05) is 13.8 Å². The van der Waals surface area contributed by atoms with Crippen molar-refractivity contribution in [1.82, 2.24) is 15.1 Å². The van der Waals surface area contributed by atoms with Crippen LogP contribution in [0.1, 0.15) is 13.8 Å². The Morgan fingerprint density at radius 2 is 1.86 bits per heavy atom. The van der Waals surface area contributed by atoms with E-state index in [1.54, 1.807) is 0 Å². The SMILES string of the molecule is CC(C)NCC(=O)N1CCN(C)CC1. The van der Waals surface area contributed by atoms with Crippen molar-refractivity contribution in [2.45, 2.75) is 19.9 Å². The maximum atomic E-state index is 11.7. The smallest absolute Gasteiger partial charge is 0.236 e. The molecule has 1 N–H and O–H groups in total. The first-order valence-corrected chi connectivity index (χ1v) is 5.29. The fourth-order valence-electron chi connectivity index (χ4n) is 1.46. The third-order valence-corrected chi connectivity index (χ3v) is 2.52. The van der Waals surface area contributed by atoms with Crippen LogP contribution in [0.3, 0.4) is 0 Å². The van der Waals surface area contributed by atoms with Crippen molar-refractivity contribution in [3.63, 3.8) is 0 Å². The molecule has 0 spiro atoms. The van der Waals surface area contributed by atoms with Crippen LogP contribution in [0.5, 0.6) is 0 Å². The molecule has 1 aliphatic rings. The van der Waals surface area contributed by atoms with Crippen LogP contribution in [0.15, 0.2) is 0 Å². The van der Waals surface area contributed by atoms with E-state index in [4.69, 9.17) is 0 Å². The molecular formula is C10H21N3O. The Morgan fingerprint density at radius 1 is 1.29 bits per heavy atom. The quantitative estimate of drug-likeness (QED) is 0.681. The van der Waals surface area contributed by atoms with Gasteiger partial charge in [-0.05, 0) is 7.05 Å². The minimum Gasteiger partial charge on any atom is -0.339 e. The van der Waals surface area contributed by atoms with Crippen molar-refractivity contribution in [2.75, 3.05) is 39.8 Å². The van der Waals surface area contributed by atoms with Gasteiger partial charge in [-0.2, -0.15) is 0 Å². The predicted octanol–water partition coefficient (Wildman–Crippen LogP) is -0.242. The van der Waals surface area contributed by atoms with Crippen LogP contribution in [-0.4, -0.2) is 61.5 Å². The van der Waals surface area contributed by atoms with Crippen LogP contribution >= 0.6 is 0 Å². The number of carbonyl (C=O) groups is 1.